The Hall–Kier alpha value is -2.66. The molecule has 1 N–H and O–H groups in total. The van der Waals surface area contributed by atoms with Gasteiger partial charge in [-0.1, -0.05) is 35.4 Å². The van der Waals surface area contributed by atoms with E-state index >= 15 is 0 Å². The number of nitriles is 1. The molecule has 2 aromatic heterocycles. The summed E-state index contributed by atoms with van der Waals surface area (Å²) in [7, 11) is 0. The Morgan fingerprint density at radius 1 is 1.33 bits per heavy atom. The van der Waals surface area contributed by atoms with Crippen LogP contribution in [-0.2, 0) is 6.54 Å². The van der Waals surface area contributed by atoms with E-state index in [9.17, 15) is 5.26 Å². The average molecular weight is 297 g/mol. The van der Waals surface area contributed by atoms with Crippen molar-refractivity contribution >= 4 is 23.4 Å². The number of hydrogen-bond donors (Lipinski definition) is 1. The van der Waals surface area contributed by atoms with Crippen LogP contribution in [0.1, 0.15) is 11.1 Å². The van der Waals surface area contributed by atoms with E-state index < -0.39 is 0 Å². The summed E-state index contributed by atoms with van der Waals surface area (Å²) in [5.74, 6) is 0.926. The molecule has 0 saturated heterocycles. The molecule has 1 aromatic carbocycles. The lowest BCUT2D eigenvalue weighted by Gasteiger charge is -2.11. The predicted molar refractivity (Wildman–Crippen MR) is 78.8 cm³/mol. The third-order valence-corrected chi connectivity index (χ3v) is 3.61. The van der Waals surface area contributed by atoms with Gasteiger partial charge in [0, 0.05) is 6.54 Å². The molecule has 104 valence electrons. The molecule has 0 saturated carbocycles. The molecule has 2 heterocycles. The van der Waals surface area contributed by atoms with Crippen molar-refractivity contribution in [2.75, 3.05) is 11.6 Å². The molecule has 0 spiro atoms. The molecule has 0 atom stereocenters. The van der Waals surface area contributed by atoms with Gasteiger partial charge in [0.15, 0.2) is 5.82 Å². The summed E-state index contributed by atoms with van der Waals surface area (Å²) in [6.45, 7) is 0.572. The van der Waals surface area contributed by atoms with Crippen LogP contribution in [0.2, 0.25) is 0 Å². The molecule has 8 heteroatoms. The lowest BCUT2D eigenvalue weighted by Crippen LogP contribution is -2.10. The highest BCUT2D eigenvalue weighted by molar-refractivity contribution is 7.98. The molecular weight excluding hydrogens is 286 g/mol. The van der Waals surface area contributed by atoms with Crippen molar-refractivity contribution in [3.63, 3.8) is 0 Å². The van der Waals surface area contributed by atoms with Crippen LogP contribution >= 0.6 is 11.8 Å². The highest BCUT2D eigenvalue weighted by Crippen LogP contribution is 2.25. The highest BCUT2D eigenvalue weighted by atomic mass is 32.2. The maximum Gasteiger partial charge on any atom is 0.276 e. The second kappa shape index (κ2) is 5.76. The zero-order valence-corrected chi connectivity index (χ0v) is 12.0. The molecule has 0 fully saturated rings. The summed E-state index contributed by atoms with van der Waals surface area (Å²) in [5.41, 5.74) is 1.54. The van der Waals surface area contributed by atoms with Gasteiger partial charge in [0.2, 0.25) is 0 Å². The van der Waals surface area contributed by atoms with Gasteiger partial charge < -0.3 is 5.32 Å². The number of benzene rings is 1. The molecule has 7 nitrogen and oxygen atoms in total. The van der Waals surface area contributed by atoms with Gasteiger partial charge in [-0.3, -0.25) is 0 Å². The number of tetrazole rings is 1. The molecule has 21 heavy (non-hydrogen) atoms. The van der Waals surface area contributed by atoms with Gasteiger partial charge >= 0.3 is 0 Å². The predicted octanol–water partition coefficient (Wildman–Crippen LogP) is 1.72. The van der Waals surface area contributed by atoms with E-state index in [0.29, 0.717) is 28.7 Å². The molecule has 0 amide bonds. The Morgan fingerprint density at radius 3 is 2.86 bits per heavy atom. The van der Waals surface area contributed by atoms with Crippen LogP contribution in [0, 0.1) is 11.3 Å². The van der Waals surface area contributed by atoms with Crippen LogP contribution in [0.15, 0.2) is 35.4 Å². The van der Waals surface area contributed by atoms with E-state index in [1.165, 1.54) is 16.3 Å². The molecule has 0 aliphatic carbocycles. The third kappa shape index (κ3) is 2.51. The largest absolute Gasteiger partial charge is 0.365 e. The second-order valence-corrected chi connectivity index (χ2v) is 4.98. The Labute approximate surface area is 125 Å². The standard InChI is InChI=1S/C13H11N7S/c1-21-12-10(7-14)11(20-13(16-12)17-18-19-20)15-8-9-5-3-2-4-6-9/h2-6,15H,8H2,1H3. The minimum Gasteiger partial charge on any atom is -0.365 e. The van der Waals surface area contributed by atoms with Crippen molar-refractivity contribution in [2.24, 2.45) is 0 Å². The van der Waals surface area contributed by atoms with E-state index in [2.05, 4.69) is 31.9 Å². The van der Waals surface area contributed by atoms with E-state index in [4.69, 9.17) is 0 Å². The zero-order chi connectivity index (χ0) is 14.7. The lowest BCUT2D eigenvalue weighted by molar-refractivity contribution is 0.813. The summed E-state index contributed by atoms with van der Waals surface area (Å²) < 4.78 is 1.45. The van der Waals surface area contributed by atoms with Gasteiger partial charge in [-0.25, -0.2) is 4.98 Å². The summed E-state index contributed by atoms with van der Waals surface area (Å²) in [5, 5.41) is 24.6. The zero-order valence-electron chi connectivity index (χ0n) is 11.2. The summed E-state index contributed by atoms with van der Waals surface area (Å²) in [6.07, 6.45) is 1.87. The van der Waals surface area contributed by atoms with Crippen molar-refractivity contribution in [1.29, 1.82) is 5.26 Å². The number of rotatable bonds is 4. The fourth-order valence-electron chi connectivity index (χ4n) is 1.94. The highest BCUT2D eigenvalue weighted by Gasteiger charge is 2.16. The monoisotopic (exact) mass is 297 g/mol. The number of nitrogens with one attached hydrogen (secondary N) is 1. The summed E-state index contributed by atoms with van der Waals surface area (Å²) in [4.78, 5) is 4.27. The first-order chi connectivity index (χ1) is 10.3. The van der Waals surface area contributed by atoms with E-state index in [-0.39, 0.29) is 0 Å². The van der Waals surface area contributed by atoms with Crippen molar-refractivity contribution in [1.82, 2.24) is 25.0 Å². The smallest absolute Gasteiger partial charge is 0.276 e. The van der Waals surface area contributed by atoms with Crippen LogP contribution in [0.5, 0.6) is 0 Å². The number of anilines is 1. The number of aromatic nitrogens is 5. The first-order valence-corrected chi connectivity index (χ1v) is 7.40. The Bertz CT molecular complexity index is 806. The fourth-order valence-corrected chi connectivity index (χ4v) is 2.46. The maximum atomic E-state index is 9.40. The number of nitrogens with zero attached hydrogens (tertiary/aromatic N) is 6. The molecule has 3 aromatic rings. The van der Waals surface area contributed by atoms with Crippen LogP contribution in [-0.4, -0.2) is 31.3 Å². The fraction of sp³-hybridized carbons (Fsp3) is 0.154. The van der Waals surface area contributed by atoms with Crippen LogP contribution in [0.25, 0.3) is 5.78 Å². The second-order valence-electron chi connectivity index (χ2n) is 4.19. The molecule has 3 rings (SSSR count). The van der Waals surface area contributed by atoms with Crippen LogP contribution in [0.3, 0.4) is 0 Å². The van der Waals surface area contributed by atoms with Crippen molar-refractivity contribution in [2.45, 2.75) is 11.6 Å². The normalized spacial score (nSPS) is 10.5. The van der Waals surface area contributed by atoms with Crippen LogP contribution < -0.4 is 5.32 Å². The molecule has 0 unspecified atom stereocenters. The molecule has 0 bridgehead atoms. The first kappa shape index (κ1) is 13.3. The SMILES string of the molecule is CSc1nc2nnnn2c(NCc2ccccc2)c1C#N. The topological polar surface area (TPSA) is 91.8 Å². The lowest BCUT2D eigenvalue weighted by atomic mass is 10.2. The number of thioether (sulfide) groups is 1. The average Bonchev–Trinajstić information content (AvgIpc) is 3.00. The van der Waals surface area contributed by atoms with Gasteiger partial charge in [-0.05, 0) is 22.2 Å². The number of fused-ring (bicyclic) bond motifs is 1. The van der Waals surface area contributed by atoms with Gasteiger partial charge in [-0.15, -0.1) is 11.8 Å². The van der Waals surface area contributed by atoms with E-state index in [1.54, 1.807) is 0 Å². The summed E-state index contributed by atoms with van der Waals surface area (Å²) >= 11 is 1.39. The van der Waals surface area contributed by atoms with E-state index in [0.717, 1.165) is 5.56 Å². The van der Waals surface area contributed by atoms with Crippen LogP contribution in [0.4, 0.5) is 5.82 Å². The molecule has 0 aliphatic heterocycles. The van der Waals surface area contributed by atoms with Gasteiger partial charge in [0.1, 0.15) is 16.7 Å². The Morgan fingerprint density at radius 2 is 2.14 bits per heavy atom. The van der Waals surface area contributed by atoms with Crippen molar-refractivity contribution in [3.05, 3.63) is 41.5 Å². The molecule has 0 radical (unpaired) electrons. The summed E-state index contributed by atoms with van der Waals surface area (Å²) in [6, 6.07) is 12.1. The quantitative estimate of drug-likeness (QED) is 0.579. The van der Waals surface area contributed by atoms with Gasteiger partial charge in [0.05, 0.1) is 0 Å². The molecule has 0 aliphatic rings. The Balaban J connectivity index is 2.03. The van der Waals surface area contributed by atoms with Gasteiger partial charge in [0.25, 0.3) is 5.78 Å². The molecular formula is C13H11N7S. The van der Waals surface area contributed by atoms with Gasteiger partial charge in [-0.2, -0.15) is 9.78 Å². The first-order valence-electron chi connectivity index (χ1n) is 6.17. The number of hydrogen-bond acceptors (Lipinski definition) is 7. The van der Waals surface area contributed by atoms with Crippen molar-refractivity contribution < 1.29 is 0 Å². The van der Waals surface area contributed by atoms with E-state index in [1.807, 2.05) is 36.6 Å². The minimum atomic E-state index is 0.369. The third-order valence-electron chi connectivity index (χ3n) is 2.93. The van der Waals surface area contributed by atoms with Crippen molar-refractivity contribution in [3.8, 4) is 6.07 Å². The minimum absolute atomic E-state index is 0.369. The Kier molecular flexibility index (Phi) is 3.66. The maximum absolute atomic E-state index is 9.40.